The van der Waals surface area contributed by atoms with Gasteiger partial charge >= 0.3 is 0 Å². The number of aromatic nitrogens is 3. The van der Waals surface area contributed by atoms with E-state index in [4.69, 9.17) is 4.99 Å². The van der Waals surface area contributed by atoms with Crippen LogP contribution in [0.1, 0.15) is 31.2 Å². The molecule has 0 aliphatic carbocycles. The minimum Gasteiger partial charge on any atom is -0.357 e. The maximum atomic E-state index is 4.81. The molecule has 31 heavy (non-hydrogen) atoms. The van der Waals surface area contributed by atoms with Crippen molar-refractivity contribution in [3.63, 3.8) is 0 Å². The van der Waals surface area contributed by atoms with Crippen LogP contribution in [0.25, 0.3) is 11.3 Å². The van der Waals surface area contributed by atoms with Crippen LogP contribution in [0.2, 0.25) is 0 Å². The van der Waals surface area contributed by atoms with E-state index in [0.29, 0.717) is 13.1 Å². The second kappa shape index (κ2) is 10.1. The first-order chi connectivity index (χ1) is 15.2. The van der Waals surface area contributed by atoms with Gasteiger partial charge in [0.25, 0.3) is 0 Å². The monoisotopic (exact) mass is 417 g/mol. The second-order valence-corrected chi connectivity index (χ2v) is 7.85. The van der Waals surface area contributed by atoms with Crippen LogP contribution in [0, 0.1) is 0 Å². The van der Waals surface area contributed by atoms with Gasteiger partial charge in [-0.1, -0.05) is 36.4 Å². The van der Waals surface area contributed by atoms with E-state index in [9.17, 15) is 0 Å². The Morgan fingerprint density at radius 1 is 1.10 bits per heavy atom. The Bertz CT molecular complexity index is 973. The van der Waals surface area contributed by atoms with Crippen molar-refractivity contribution in [2.45, 2.75) is 32.9 Å². The maximum absolute atomic E-state index is 4.81. The molecule has 1 saturated heterocycles. The average Bonchev–Trinajstić information content (AvgIpc) is 3.50. The Morgan fingerprint density at radius 3 is 2.61 bits per heavy atom. The highest BCUT2D eigenvalue weighted by atomic mass is 15.3. The number of imidazole rings is 1. The Labute approximate surface area is 184 Å². The molecule has 2 N–H and O–H groups in total. The van der Waals surface area contributed by atoms with Crippen LogP contribution in [0.4, 0.5) is 5.82 Å². The highest BCUT2D eigenvalue weighted by Crippen LogP contribution is 2.18. The summed E-state index contributed by atoms with van der Waals surface area (Å²) in [6.07, 6.45) is 6.35. The highest BCUT2D eigenvalue weighted by molar-refractivity contribution is 5.79. The third-order valence-corrected chi connectivity index (χ3v) is 5.45. The Morgan fingerprint density at radius 2 is 1.90 bits per heavy atom. The lowest BCUT2D eigenvalue weighted by Crippen LogP contribution is -2.38. The van der Waals surface area contributed by atoms with E-state index >= 15 is 0 Å². The number of aliphatic imine (C=N–C) groups is 1. The molecule has 0 atom stereocenters. The maximum Gasteiger partial charge on any atom is 0.194 e. The summed E-state index contributed by atoms with van der Waals surface area (Å²) < 4.78 is 0. The number of aromatic amines is 1. The minimum absolute atomic E-state index is 0.591. The molecule has 2 aromatic heterocycles. The van der Waals surface area contributed by atoms with Gasteiger partial charge in [0.05, 0.1) is 25.0 Å². The molecule has 0 saturated carbocycles. The summed E-state index contributed by atoms with van der Waals surface area (Å²) in [5.74, 6) is 2.83. The Kier molecular flexibility index (Phi) is 6.82. The van der Waals surface area contributed by atoms with Crippen LogP contribution in [0.15, 0.2) is 59.9 Å². The molecule has 162 valence electrons. The number of pyridine rings is 1. The number of H-pyrrole nitrogens is 1. The van der Waals surface area contributed by atoms with Crippen molar-refractivity contribution in [3.05, 3.63) is 66.2 Å². The van der Waals surface area contributed by atoms with Crippen LogP contribution in [0.5, 0.6) is 0 Å². The largest absolute Gasteiger partial charge is 0.357 e. The van der Waals surface area contributed by atoms with Gasteiger partial charge in [-0.2, -0.15) is 0 Å². The SMILES string of the molecule is CCNC(=NCc1ccc(N2CCCC2)nc1)N(C)Cc1ncc(-c2ccccc2)[nH]1. The van der Waals surface area contributed by atoms with Crippen LogP contribution in [0.3, 0.4) is 0 Å². The molecule has 0 spiro atoms. The third kappa shape index (κ3) is 5.42. The van der Waals surface area contributed by atoms with Crippen molar-refractivity contribution in [2.75, 3.05) is 31.6 Å². The summed E-state index contributed by atoms with van der Waals surface area (Å²) in [4.78, 5) is 21.8. The van der Waals surface area contributed by atoms with Crippen LogP contribution in [-0.4, -0.2) is 52.5 Å². The molecule has 1 aliphatic heterocycles. The van der Waals surface area contributed by atoms with Crippen molar-refractivity contribution in [1.29, 1.82) is 0 Å². The summed E-state index contributed by atoms with van der Waals surface area (Å²) in [6.45, 7) is 6.34. The fourth-order valence-electron chi connectivity index (χ4n) is 3.79. The smallest absolute Gasteiger partial charge is 0.194 e. The van der Waals surface area contributed by atoms with Crippen molar-refractivity contribution >= 4 is 11.8 Å². The van der Waals surface area contributed by atoms with Gasteiger partial charge in [-0.15, -0.1) is 0 Å². The predicted octanol–water partition coefficient (Wildman–Crippen LogP) is 3.67. The summed E-state index contributed by atoms with van der Waals surface area (Å²) in [5.41, 5.74) is 3.26. The summed E-state index contributed by atoms with van der Waals surface area (Å²) in [6, 6.07) is 14.5. The molecular weight excluding hydrogens is 386 g/mol. The number of nitrogens with one attached hydrogen (secondary N) is 2. The normalized spacial score (nSPS) is 14.1. The van der Waals surface area contributed by atoms with Crippen LogP contribution in [-0.2, 0) is 13.1 Å². The average molecular weight is 418 g/mol. The van der Waals surface area contributed by atoms with Gasteiger partial charge in [-0.25, -0.2) is 15.0 Å². The number of benzene rings is 1. The van der Waals surface area contributed by atoms with E-state index in [1.54, 1.807) is 0 Å². The van der Waals surface area contributed by atoms with Crippen molar-refractivity contribution < 1.29 is 0 Å². The first-order valence-corrected chi connectivity index (χ1v) is 11.0. The van der Waals surface area contributed by atoms with Gasteiger partial charge < -0.3 is 20.1 Å². The number of hydrogen-bond donors (Lipinski definition) is 2. The molecule has 7 nitrogen and oxygen atoms in total. The van der Waals surface area contributed by atoms with Gasteiger partial charge in [0.2, 0.25) is 0 Å². The molecule has 1 fully saturated rings. The first-order valence-electron chi connectivity index (χ1n) is 11.0. The lowest BCUT2D eigenvalue weighted by molar-refractivity contribution is 0.464. The number of guanidine groups is 1. The fourth-order valence-corrected chi connectivity index (χ4v) is 3.79. The van der Waals surface area contributed by atoms with E-state index in [0.717, 1.165) is 54.1 Å². The molecule has 1 aromatic carbocycles. The molecule has 0 unspecified atom stereocenters. The topological polar surface area (TPSA) is 72.4 Å². The standard InChI is InChI=1S/C24H31N7/c1-3-25-24(28-16-19-11-12-23(27-15-19)31-13-7-8-14-31)30(2)18-22-26-17-21(29-22)20-9-5-4-6-10-20/h4-6,9-12,15,17H,3,7-8,13-14,16,18H2,1-2H3,(H,25,28)(H,26,29). The van der Waals surface area contributed by atoms with Crippen LogP contribution >= 0.6 is 0 Å². The summed E-state index contributed by atoms with van der Waals surface area (Å²) in [7, 11) is 2.03. The zero-order chi connectivity index (χ0) is 21.5. The fraction of sp³-hybridized carbons (Fsp3) is 0.375. The zero-order valence-corrected chi connectivity index (χ0v) is 18.4. The number of rotatable bonds is 7. The molecule has 4 rings (SSSR count). The van der Waals surface area contributed by atoms with E-state index in [1.807, 2.05) is 37.6 Å². The summed E-state index contributed by atoms with van der Waals surface area (Å²) in [5, 5.41) is 3.37. The van der Waals surface area contributed by atoms with Gasteiger partial charge in [-0.3, -0.25) is 0 Å². The molecule has 0 radical (unpaired) electrons. The Balaban J connectivity index is 1.39. The number of anilines is 1. The van der Waals surface area contributed by atoms with Crippen LogP contribution < -0.4 is 10.2 Å². The van der Waals surface area contributed by atoms with Gasteiger partial charge in [-0.05, 0) is 37.0 Å². The molecular formula is C24H31N7. The predicted molar refractivity (Wildman–Crippen MR) is 126 cm³/mol. The summed E-state index contributed by atoms with van der Waals surface area (Å²) >= 11 is 0. The van der Waals surface area contributed by atoms with E-state index in [2.05, 4.69) is 61.3 Å². The Hall–Kier alpha value is -3.35. The van der Waals surface area contributed by atoms with Crippen molar-refractivity contribution in [1.82, 2.24) is 25.2 Å². The van der Waals surface area contributed by atoms with E-state index < -0.39 is 0 Å². The molecule has 3 aromatic rings. The number of nitrogens with zero attached hydrogens (tertiary/aromatic N) is 5. The minimum atomic E-state index is 0.591. The van der Waals surface area contributed by atoms with E-state index in [-0.39, 0.29) is 0 Å². The van der Waals surface area contributed by atoms with Crippen molar-refractivity contribution in [2.24, 2.45) is 4.99 Å². The van der Waals surface area contributed by atoms with Gasteiger partial charge in [0.15, 0.2) is 5.96 Å². The highest BCUT2D eigenvalue weighted by Gasteiger charge is 2.13. The third-order valence-electron chi connectivity index (χ3n) is 5.45. The first kappa shape index (κ1) is 20.9. The molecule has 3 heterocycles. The van der Waals surface area contributed by atoms with Crippen molar-refractivity contribution in [3.8, 4) is 11.3 Å². The lowest BCUT2D eigenvalue weighted by atomic mass is 10.2. The lowest BCUT2D eigenvalue weighted by Gasteiger charge is -2.21. The number of hydrogen-bond acceptors (Lipinski definition) is 4. The molecule has 1 aliphatic rings. The second-order valence-electron chi connectivity index (χ2n) is 7.85. The van der Waals surface area contributed by atoms with Gasteiger partial charge in [0.1, 0.15) is 11.6 Å². The zero-order valence-electron chi connectivity index (χ0n) is 18.4. The quantitative estimate of drug-likeness (QED) is 0.453. The van der Waals surface area contributed by atoms with Gasteiger partial charge in [0, 0.05) is 32.9 Å². The molecule has 0 bridgehead atoms. The van der Waals surface area contributed by atoms with E-state index in [1.165, 1.54) is 12.8 Å². The molecule has 0 amide bonds. The molecule has 7 heteroatoms.